The van der Waals surface area contributed by atoms with Crippen LogP contribution in [0.1, 0.15) is 64.7 Å². The molecule has 0 aromatic heterocycles. The van der Waals surface area contributed by atoms with Crippen molar-refractivity contribution in [3.8, 4) is 5.75 Å². The van der Waals surface area contributed by atoms with Crippen LogP contribution in [0, 0.1) is 0 Å². The van der Waals surface area contributed by atoms with Crippen molar-refractivity contribution < 1.29 is 34.1 Å². The van der Waals surface area contributed by atoms with Gasteiger partial charge in [0.1, 0.15) is 5.75 Å². The minimum absolute atomic E-state index is 0.410. The molecule has 0 spiro atoms. The van der Waals surface area contributed by atoms with Gasteiger partial charge in [-0.2, -0.15) is 0 Å². The molecule has 0 unspecified atom stereocenters. The minimum atomic E-state index is -1.82. The number of carboxylic acids is 2. The molecule has 1 aromatic rings. The molecule has 0 bridgehead atoms. The molecule has 1 aliphatic heterocycles. The second-order valence-electron chi connectivity index (χ2n) is 7.89. The van der Waals surface area contributed by atoms with Gasteiger partial charge in [0.2, 0.25) is 0 Å². The number of carbonyl (C=O) groups excluding carboxylic acids is 1. The first-order valence-corrected chi connectivity index (χ1v) is 11.8. The Kier molecular flexibility index (Phi) is 15.1. The fourth-order valence-electron chi connectivity index (χ4n) is 3.37. The van der Waals surface area contributed by atoms with Gasteiger partial charge in [0.25, 0.3) is 0 Å². The Morgan fingerprint density at radius 1 is 0.909 bits per heavy atom. The summed E-state index contributed by atoms with van der Waals surface area (Å²) < 4.78 is 11.2. The van der Waals surface area contributed by atoms with E-state index in [0.29, 0.717) is 24.7 Å². The average Bonchev–Trinajstić information content (AvgIpc) is 3.31. The molecule has 9 nitrogen and oxygen atoms in total. The molecule has 1 fully saturated rings. The first-order valence-electron chi connectivity index (χ1n) is 11.8. The van der Waals surface area contributed by atoms with Crippen LogP contribution in [0.4, 0.5) is 10.5 Å². The maximum atomic E-state index is 12.0. The van der Waals surface area contributed by atoms with E-state index in [-0.39, 0.29) is 0 Å². The lowest BCUT2D eigenvalue weighted by Crippen LogP contribution is -2.23. The van der Waals surface area contributed by atoms with Crippen LogP contribution in [-0.4, -0.2) is 66.0 Å². The third-order valence-electron chi connectivity index (χ3n) is 5.11. The molecule has 0 aliphatic carbocycles. The van der Waals surface area contributed by atoms with Crippen molar-refractivity contribution in [2.45, 2.75) is 64.7 Å². The van der Waals surface area contributed by atoms with Crippen LogP contribution >= 0.6 is 0 Å². The second kappa shape index (κ2) is 17.7. The Balaban J connectivity index is 0.000000801. The SMILES string of the molecule is CCCCCCCCOc1ccccc1NC(=O)OCCCN1CCCC1.O=C(O)C(=O)O. The molecule has 1 amide bonds. The zero-order valence-electron chi connectivity index (χ0n) is 19.6. The quantitative estimate of drug-likeness (QED) is 0.284. The molecule has 1 aromatic carbocycles. The number of carboxylic acid groups (broad SMARTS) is 2. The van der Waals surface area contributed by atoms with Gasteiger partial charge in [-0.3, -0.25) is 5.32 Å². The van der Waals surface area contributed by atoms with Crippen molar-refractivity contribution in [3.05, 3.63) is 24.3 Å². The maximum absolute atomic E-state index is 12.0. The Labute approximate surface area is 196 Å². The normalized spacial score (nSPS) is 13.0. The summed E-state index contributed by atoms with van der Waals surface area (Å²) >= 11 is 0. The van der Waals surface area contributed by atoms with Gasteiger partial charge < -0.3 is 24.6 Å². The summed E-state index contributed by atoms with van der Waals surface area (Å²) in [5.41, 5.74) is 0.674. The minimum Gasteiger partial charge on any atom is -0.491 e. The molecular weight excluding hydrogens is 428 g/mol. The third kappa shape index (κ3) is 14.1. The number of carbonyl (C=O) groups is 3. The summed E-state index contributed by atoms with van der Waals surface area (Å²) in [6.45, 7) is 6.71. The molecule has 1 aliphatic rings. The third-order valence-corrected chi connectivity index (χ3v) is 5.11. The number of likely N-dealkylation sites (tertiary alicyclic amines) is 1. The highest BCUT2D eigenvalue weighted by Gasteiger charge is 2.12. The van der Waals surface area contributed by atoms with Gasteiger partial charge >= 0.3 is 18.0 Å². The molecule has 0 saturated carbocycles. The summed E-state index contributed by atoms with van der Waals surface area (Å²) in [7, 11) is 0. The van der Waals surface area contributed by atoms with Crippen LogP contribution < -0.4 is 10.1 Å². The number of unbranched alkanes of at least 4 members (excludes halogenated alkanes) is 5. The van der Waals surface area contributed by atoms with Gasteiger partial charge in [-0.05, 0) is 50.9 Å². The first-order chi connectivity index (χ1) is 15.9. The highest BCUT2D eigenvalue weighted by molar-refractivity contribution is 6.27. The molecule has 1 saturated heterocycles. The van der Waals surface area contributed by atoms with Gasteiger partial charge in [-0.15, -0.1) is 0 Å². The number of para-hydroxylation sites is 2. The summed E-state index contributed by atoms with van der Waals surface area (Å²) in [5, 5.41) is 17.6. The highest BCUT2D eigenvalue weighted by atomic mass is 16.5. The second-order valence-corrected chi connectivity index (χ2v) is 7.89. The summed E-state index contributed by atoms with van der Waals surface area (Å²) in [4.78, 5) is 32.7. The van der Waals surface area contributed by atoms with E-state index in [1.165, 1.54) is 58.0 Å². The lowest BCUT2D eigenvalue weighted by atomic mass is 10.1. The van der Waals surface area contributed by atoms with E-state index in [1.54, 1.807) is 0 Å². The summed E-state index contributed by atoms with van der Waals surface area (Å²) in [6.07, 6.45) is 10.4. The molecular formula is C24H38N2O7. The number of amides is 1. The van der Waals surface area contributed by atoms with Gasteiger partial charge in [-0.25, -0.2) is 14.4 Å². The van der Waals surface area contributed by atoms with Crippen LogP contribution in [-0.2, 0) is 14.3 Å². The number of hydrogen-bond acceptors (Lipinski definition) is 6. The molecule has 2 rings (SSSR count). The van der Waals surface area contributed by atoms with Crippen LogP contribution in [0.25, 0.3) is 0 Å². The van der Waals surface area contributed by atoms with E-state index >= 15 is 0 Å². The molecule has 9 heteroatoms. The Morgan fingerprint density at radius 3 is 2.21 bits per heavy atom. The Hall–Kier alpha value is -2.81. The molecule has 0 atom stereocenters. The molecule has 33 heavy (non-hydrogen) atoms. The fourth-order valence-corrected chi connectivity index (χ4v) is 3.37. The Morgan fingerprint density at radius 2 is 1.55 bits per heavy atom. The smallest absolute Gasteiger partial charge is 0.414 e. The van der Waals surface area contributed by atoms with Gasteiger partial charge in [0, 0.05) is 6.54 Å². The van der Waals surface area contributed by atoms with Gasteiger partial charge in [0.15, 0.2) is 0 Å². The van der Waals surface area contributed by atoms with Crippen LogP contribution in [0.2, 0.25) is 0 Å². The van der Waals surface area contributed by atoms with Gasteiger partial charge in [0.05, 0.1) is 18.9 Å². The molecule has 3 N–H and O–H groups in total. The number of ether oxygens (including phenoxy) is 2. The van der Waals surface area contributed by atoms with E-state index < -0.39 is 18.0 Å². The maximum Gasteiger partial charge on any atom is 0.414 e. The van der Waals surface area contributed by atoms with E-state index in [9.17, 15) is 4.79 Å². The van der Waals surface area contributed by atoms with E-state index in [0.717, 1.165) is 19.4 Å². The van der Waals surface area contributed by atoms with E-state index in [1.807, 2.05) is 24.3 Å². The van der Waals surface area contributed by atoms with Gasteiger partial charge in [-0.1, -0.05) is 51.2 Å². The Bertz CT molecular complexity index is 694. The predicted octanol–water partition coefficient (Wildman–Crippen LogP) is 4.62. The summed E-state index contributed by atoms with van der Waals surface area (Å²) in [5.74, 6) is -2.94. The van der Waals surface area contributed by atoms with Crippen molar-refractivity contribution in [2.24, 2.45) is 0 Å². The van der Waals surface area contributed by atoms with E-state index in [4.69, 9.17) is 29.3 Å². The van der Waals surface area contributed by atoms with Crippen molar-refractivity contribution >= 4 is 23.7 Å². The van der Waals surface area contributed by atoms with Crippen LogP contribution in [0.15, 0.2) is 24.3 Å². The fraction of sp³-hybridized carbons (Fsp3) is 0.625. The lowest BCUT2D eigenvalue weighted by Gasteiger charge is -2.15. The average molecular weight is 467 g/mol. The molecule has 186 valence electrons. The number of benzene rings is 1. The largest absolute Gasteiger partial charge is 0.491 e. The van der Waals surface area contributed by atoms with Crippen molar-refractivity contribution in [1.82, 2.24) is 4.90 Å². The number of nitrogens with zero attached hydrogens (tertiary/aromatic N) is 1. The first kappa shape index (κ1) is 28.2. The van der Waals surface area contributed by atoms with E-state index in [2.05, 4.69) is 17.1 Å². The number of nitrogens with one attached hydrogen (secondary N) is 1. The number of rotatable bonds is 13. The standard InChI is InChI=1S/C22H36N2O3.C2H2O4/c1-2-3-4-5-6-11-18-26-21-14-8-7-13-20(21)23-22(25)27-19-12-17-24-15-9-10-16-24;3-1(4)2(5)6/h7-8,13-14H,2-6,9-12,15-19H2,1H3,(H,23,25);(H,3,4)(H,5,6). The monoisotopic (exact) mass is 466 g/mol. The zero-order chi connectivity index (χ0) is 24.3. The lowest BCUT2D eigenvalue weighted by molar-refractivity contribution is -0.159. The van der Waals surface area contributed by atoms with Crippen molar-refractivity contribution in [3.63, 3.8) is 0 Å². The van der Waals surface area contributed by atoms with Crippen molar-refractivity contribution in [1.29, 1.82) is 0 Å². The number of anilines is 1. The number of hydrogen-bond donors (Lipinski definition) is 3. The highest BCUT2D eigenvalue weighted by Crippen LogP contribution is 2.24. The predicted molar refractivity (Wildman–Crippen MR) is 126 cm³/mol. The van der Waals surface area contributed by atoms with Crippen LogP contribution in [0.3, 0.4) is 0 Å². The zero-order valence-corrected chi connectivity index (χ0v) is 19.6. The number of aliphatic carboxylic acids is 2. The molecule has 0 radical (unpaired) electrons. The van der Waals surface area contributed by atoms with Crippen LogP contribution in [0.5, 0.6) is 5.75 Å². The van der Waals surface area contributed by atoms with Crippen molar-refractivity contribution in [2.75, 3.05) is 38.2 Å². The molecule has 1 heterocycles. The summed E-state index contributed by atoms with van der Waals surface area (Å²) in [6, 6.07) is 7.55. The topological polar surface area (TPSA) is 125 Å².